The number of carboxylic acids is 1. The zero-order chi connectivity index (χ0) is 20.6. The maximum absolute atomic E-state index is 12.5. The van der Waals surface area contributed by atoms with E-state index in [0.717, 1.165) is 0 Å². The summed E-state index contributed by atoms with van der Waals surface area (Å²) in [5.41, 5.74) is 0. The van der Waals surface area contributed by atoms with Crippen LogP contribution in [0.1, 0.15) is 41.5 Å². The van der Waals surface area contributed by atoms with E-state index in [-0.39, 0.29) is 17.8 Å². The van der Waals surface area contributed by atoms with Gasteiger partial charge in [0.05, 0.1) is 7.11 Å². The van der Waals surface area contributed by atoms with E-state index < -0.39 is 42.0 Å². The van der Waals surface area contributed by atoms with Gasteiger partial charge in [0, 0.05) is 0 Å². The maximum atomic E-state index is 12.5. The molecule has 9 heteroatoms. The minimum Gasteiger partial charge on any atom is -0.480 e. The minimum absolute atomic E-state index is 0.243. The molecule has 4 N–H and O–H groups in total. The number of carbonyl (C=O) groups excluding carboxylic acids is 3. The fraction of sp³-hybridized carbons (Fsp3) is 0.765. The van der Waals surface area contributed by atoms with Gasteiger partial charge in [0.25, 0.3) is 0 Å². The Morgan fingerprint density at radius 1 is 0.692 bits per heavy atom. The summed E-state index contributed by atoms with van der Waals surface area (Å²) in [5, 5.41) is 16.7. The van der Waals surface area contributed by atoms with Crippen LogP contribution in [0.4, 0.5) is 4.79 Å². The molecule has 0 rings (SSSR count). The number of aliphatic carboxylic acids is 1. The van der Waals surface area contributed by atoms with Crippen LogP contribution >= 0.6 is 0 Å². The predicted molar refractivity (Wildman–Crippen MR) is 95.3 cm³/mol. The molecule has 0 aliphatic carbocycles. The molecule has 0 saturated heterocycles. The van der Waals surface area contributed by atoms with Gasteiger partial charge in [0.1, 0.15) is 18.1 Å². The lowest BCUT2D eigenvalue weighted by molar-refractivity contribution is -0.143. The number of amides is 3. The summed E-state index contributed by atoms with van der Waals surface area (Å²) in [5.74, 6) is -3.12. The molecule has 0 radical (unpaired) electrons. The smallest absolute Gasteiger partial charge is 0.407 e. The Kier molecular flexibility index (Phi) is 9.67. The summed E-state index contributed by atoms with van der Waals surface area (Å²) in [7, 11) is 1.19. The van der Waals surface area contributed by atoms with E-state index in [1.807, 2.05) is 0 Å². The van der Waals surface area contributed by atoms with Gasteiger partial charge in [-0.25, -0.2) is 9.59 Å². The van der Waals surface area contributed by atoms with Gasteiger partial charge in [-0.2, -0.15) is 0 Å². The average molecular weight is 373 g/mol. The first-order valence-corrected chi connectivity index (χ1v) is 8.60. The second-order valence-corrected chi connectivity index (χ2v) is 7.16. The zero-order valence-electron chi connectivity index (χ0n) is 16.5. The first kappa shape index (κ1) is 23.7. The molecule has 0 aromatic rings. The van der Waals surface area contributed by atoms with E-state index in [9.17, 15) is 24.3 Å². The topological polar surface area (TPSA) is 134 Å². The third kappa shape index (κ3) is 7.28. The van der Waals surface area contributed by atoms with Crippen molar-refractivity contribution in [1.29, 1.82) is 0 Å². The van der Waals surface area contributed by atoms with Gasteiger partial charge in [-0.05, 0) is 17.8 Å². The van der Waals surface area contributed by atoms with Gasteiger partial charge in [0.15, 0.2) is 0 Å². The van der Waals surface area contributed by atoms with Gasteiger partial charge >= 0.3 is 12.1 Å². The summed E-state index contributed by atoms with van der Waals surface area (Å²) in [6.45, 7) is 10.3. The number of rotatable bonds is 9. The van der Waals surface area contributed by atoms with Crippen molar-refractivity contribution in [1.82, 2.24) is 16.0 Å². The number of hydrogen-bond donors (Lipinski definition) is 4. The number of ether oxygens (including phenoxy) is 1. The third-order valence-corrected chi connectivity index (χ3v) is 3.89. The fourth-order valence-corrected chi connectivity index (χ4v) is 2.26. The monoisotopic (exact) mass is 373 g/mol. The predicted octanol–water partition coefficient (Wildman–Crippen LogP) is 0.733. The Balaban J connectivity index is 5.25. The summed E-state index contributed by atoms with van der Waals surface area (Å²) in [6.07, 6.45) is -0.754. The summed E-state index contributed by atoms with van der Waals surface area (Å²) < 4.78 is 4.51. The van der Waals surface area contributed by atoms with Crippen molar-refractivity contribution in [3.05, 3.63) is 0 Å². The van der Waals surface area contributed by atoms with Crippen molar-refractivity contribution in [2.75, 3.05) is 7.11 Å². The van der Waals surface area contributed by atoms with E-state index in [2.05, 4.69) is 20.7 Å². The first-order chi connectivity index (χ1) is 11.9. The molecular formula is C17H31N3O6. The van der Waals surface area contributed by atoms with Crippen LogP contribution in [0.5, 0.6) is 0 Å². The molecule has 0 unspecified atom stereocenters. The molecule has 0 aromatic heterocycles. The molecule has 0 aromatic carbocycles. The Bertz CT molecular complexity index is 519. The summed E-state index contributed by atoms with van der Waals surface area (Å²) >= 11 is 0. The highest BCUT2D eigenvalue weighted by Gasteiger charge is 2.33. The van der Waals surface area contributed by atoms with Crippen molar-refractivity contribution < 1.29 is 29.0 Å². The van der Waals surface area contributed by atoms with Crippen molar-refractivity contribution >= 4 is 23.9 Å². The van der Waals surface area contributed by atoms with E-state index in [0.29, 0.717) is 0 Å². The Hall–Kier alpha value is -2.32. The number of hydrogen-bond acceptors (Lipinski definition) is 5. The number of alkyl carbamates (subject to hydrolysis) is 1. The largest absolute Gasteiger partial charge is 0.480 e. The Morgan fingerprint density at radius 2 is 1.04 bits per heavy atom. The highest BCUT2D eigenvalue weighted by atomic mass is 16.5. The van der Waals surface area contributed by atoms with Crippen LogP contribution in [-0.2, 0) is 19.1 Å². The second-order valence-electron chi connectivity index (χ2n) is 7.16. The zero-order valence-corrected chi connectivity index (χ0v) is 16.5. The molecule has 9 nitrogen and oxygen atoms in total. The van der Waals surface area contributed by atoms with E-state index in [1.54, 1.807) is 41.5 Å². The molecular weight excluding hydrogens is 342 g/mol. The number of carboxylic acid groups (broad SMARTS) is 1. The van der Waals surface area contributed by atoms with Crippen LogP contribution in [0.3, 0.4) is 0 Å². The fourth-order valence-electron chi connectivity index (χ4n) is 2.26. The van der Waals surface area contributed by atoms with Crippen molar-refractivity contribution in [3.63, 3.8) is 0 Å². The third-order valence-electron chi connectivity index (χ3n) is 3.89. The molecule has 0 aliphatic rings. The van der Waals surface area contributed by atoms with Crippen molar-refractivity contribution in [3.8, 4) is 0 Å². The Labute approximate surface area is 154 Å². The second kappa shape index (κ2) is 10.6. The number of nitrogens with one attached hydrogen (secondary N) is 3. The normalized spacial score (nSPS) is 14.5. The maximum Gasteiger partial charge on any atom is 0.407 e. The highest BCUT2D eigenvalue weighted by molar-refractivity contribution is 5.93. The summed E-state index contributed by atoms with van der Waals surface area (Å²) in [4.78, 5) is 47.7. The quantitative estimate of drug-likeness (QED) is 0.471. The summed E-state index contributed by atoms with van der Waals surface area (Å²) in [6, 6.07) is -2.89. The van der Waals surface area contributed by atoms with Gasteiger partial charge in [0.2, 0.25) is 11.8 Å². The van der Waals surface area contributed by atoms with Crippen molar-refractivity contribution in [2.24, 2.45) is 17.8 Å². The van der Waals surface area contributed by atoms with E-state index in [1.165, 1.54) is 7.11 Å². The van der Waals surface area contributed by atoms with Gasteiger partial charge in [-0.15, -0.1) is 0 Å². The molecule has 150 valence electrons. The molecule has 0 spiro atoms. The SMILES string of the molecule is COC(=O)N[C@H](C(=O)N[C@H](C(=O)N[C@H](C(=O)O)C(C)C)C(C)C)C(C)C. The molecule has 0 fully saturated rings. The first-order valence-electron chi connectivity index (χ1n) is 8.60. The average Bonchev–Trinajstić information content (AvgIpc) is 2.53. The molecule has 26 heavy (non-hydrogen) atoms. The van der Waals surface area contributed by atoms with Crippen molar-refractivity contribution in [2.45, 2.75) is 59.7 Å². The van der Waals surface area contributed by atoms with Gasteiger partial charge in [-0.3, -0.25) is 9.59 Å². The van der Waals surface area contributed by atoms with Gasteiger partial charge < -0.3 is 25.8 Å². The van der Waals surface area contributed by atoms with E-state index in [4.69, 9.17) is 0 Å². The van der Waals surface area contributed by atoms with Crippen LogP contribution < -0.4 is 16.0 Å². The molecule has 0 heterocycles. The van der Waals surface area contributed by atoms with Gasteiger partial charge in [-0.1, -0.05) is 41.5 Å². The number of methoxy groups -OCH3 is 1. The Morgan fingerprint density at radius 3 is 1.35 bits per heavy atom. The molecule has 0 bridgehead atoms. The molecule has 3 atom stereocenters. The lowest BCUT2D eigenvalue weighted by Gasteiger charge is -2.28. The van der Waals surface area contributed by atoms with Crippen LogP contribution in [0.15, 0.2) is 0 Å². The standard InChI is InChI=1S/C17H31N3O6/c1-8(2)11(14(21)19-13(10(5)6)16(23)24)18-15(22)12(9(3)4)20-17(25)26-7/h8-13H,1-7H3,(H,18,22)(H,19,21)(H,20,25)(H,23,24)/t11-,12-,13-/m0/s1. The van der Waals surface area contributed by atoms with Crippen LogP contribution in [0.2, 0.25) is 0 Å². The lowest BCUT2D eigenvalue weighted by Crippen LogP contribution is -2.59. The molecule has 3 amide bonds. The van der Waals surface area contributed by atoms with Crippen LogP contribution in [0.25, 0.3) is 0 Å². The lowest BCUT2D eigenvalue weighted by atomic mass is 9.98. The van der Waals surface area contributed by atoms with Crippen LogP contribution in [-0.4, -0.2) is 54.2 Å². The van der Waals surface area contributed by atoms with E-state index >= 15 is 0 Å². The molecule has 0 aliphatic heterocycles. The highest BCUT2D eigenvalue weighted by Crippen LogP contribution is 2.09. The van der Waals surface area contributed by atoms with Crippen LogP contribution in [0, 0.1) is 17.8 Å². The molecule has 0 saturated carbocycles. The number of carbonyl (C=O) groups is 4. The minimum atomic E-state index is -1.14.